The second-order valence-corrected chi connectivity index (χ2v) is 7.75. The van der Waals surface area contributed by atoms with Crippen LogP contribution < -0.4 is 5.73 Å². The third-order valence-corrected chi connectivity index (χ3v) is 6.19. The van der Waals surface area contributed by atoms with Gasteiger partial charge in [0.1, 0.15) is 5.54 Å². The Hall–Kier alpha value is -0.960. The topological polar surface area (TPSA) is 101 Å². The van der Waals surface area contributed by atoms with Gasteiger partial charge in [-0.1, -0.05) is 15.9 Å². The molecule has 0 saturated carbocycles. The van der Waals surface area contributed by atoms with E-state index < -0.39 is 21.5 Å². The Labute approximate surface area is 125 Å². The smallest absolute Gasteiger partial charge is 0.325 e. The Bertz CT molecular complexity index is 661. The summed E-state index contributed by atoms with van der Waals surface area (Å²) < 4.78 is 26.9. The van der Waals surface area contributed by atoms with Crippen LogP contribution in [0, 0.1) is 6.92 Å². The summed E-state index contributed by atoms with van der Waals surface area (Å²) in [5, 5.41) is 9.05. The second-order valence-electron chi connectivity index (χ2n) is 4.96. The molecule has 6 nitrogen and oxygen atoms in total. The van der Waals surface area contributed by atoms with E-state index in [9.17, 15) is 13.2 Å². The lowest BCUT2D eigenvalue weighted by Crippen LogP contribution is -2.50. The van der Waals surface area contributed by atoms with Crippen LogP contribution in [-0.2, 0) is 14.8 Å². The van der Waals surface area contributed by atoms with Gasteiger partial charge in [0, 0.05) is 17.6 Å². The van der Waals surface area contributed by atoms with Crippen molar-refractivity contribution in [1.82, 2.24) is 4.31 Å². The van der Waals surface area contributed by atoms with E-state index in [0.29, 0.717) is 0 Å². The number of sulfonamides is 1. The standard InChI is InChI=1S/C12H15BrN2O4S/c1-8-6-9(2-3-10(8)13)20(18,19)15-5-4-12(14,7-15)11(16)17/h2-3,6H,4-5,7,14H2,1H3,(H,16,17). The van der Waals surface area contributed by atoms with Gasteiger partial charge >= 0.3 is 5.97 Å². The average Bonchev–Trinajstić information content (AvgIpc) is 2.77. The van der Waals surface area contributed by atoms with Crippen molar-refractivity contribution in [2.45, 2.75) is 23.8 Å². The van der Waals surface area contributed by atoms with Crippen molar-refractivity contribution in [2.75, 3.05) is 13.1 Å². The van der Waals surface area contributed by atoms with Gasteiger partial charge in [-0.15, -0.1) is 0 Å². The highest BCUT2D eigenvalue weighted by Gasteiger charge is 2.45. The molecule has 1 aromatic rings. The van der Waals surface area contributed by atoms with Gasteiger partial charge in [-0.25, -0.2) is 8.42 Å². The molecule has 1 atom stereocenters. The van der Waals surface area contributed by atoms with Gasteiger partial charge < -0.3 is 10.8 Å². The molecule has 0 bridgehead atoms. The van der Waals surface area contributed by atoms with Gasteiger partial charge in [0.25, 0.3) is 0 Å². The number of carboxylic acid groups (broad SMARTS) is 1. The first-order chi connectivity index (χ1) is 9.17. The summed E-state index contributed by atoms with van der Waals surface area (Å²) in [6, 6.07) is 4.70. The zero-order valence-electron chi connectivity index (χ0n) is 10.8. The quantitative estimate of drug-likeness (QED) is 0.832. The number of benzene rings is 1. The molecule has 1 unspecified atom stereocenters. The number of rotatable bonds is 3. The molecule has 1 fully saturated rings. The van der Waals surface area contributed by atoms with Gasteiger partial charge in [0.2, 0.25) is 10.0 Å². The van der Waals surface area contributed by atoms with Crippen molar-refractivity contribution in [2.24, 2.45) is 5.73 Å². The molecule has 8 heteroatoms. The number of carboxylic acids is 1. The number of hydrogen-bond acceptors (Lipinski definition) is 4. The molecule has 0 aromatic heterocycles. The zero-order chi connectivity index (χ0) is 15.1. The summed E-state index contributed by atoms with van der Waals surface area (Å²) in [6.45, 7) is 1.69. The summed E-state index contributed by atoms with van der Waals surface area (Å²) in [4.78, 5) is 11.2. The van der Waals surface area contributed by atoms with E-state index in [2.05, 4.69) is 15.9 Å². The Morgan fingerprint density at radius 2 is 2.15 bits per heavy atom. The number of carbonyl (C=O) groups is 1. The molecule has 0 aliphatic carbocycles. The molecule has 1 heterocycles. The lowest BCUT2D eigenvalue weighted by molar-refractivity contribution is -0.142. The molecule has 110 valence electrons. The minimum absolute atomic E-state index is 0.108. The molecule has 1 aliphatic heterocycles. The zero-order valence-corrected chi connectivity index (χ0v) is 13.2. The van der Waals surface area contributed by atoms with E-state index in [4.69, 9.17) is 10.8 Å². The molecular formula is C12H15BrN2O4S. The van der Waals surface area contributed by atoms with Crippen LogP contribution in [0.4, 0.5) is 0 Å². The predicted octanol–water partition coefficient (Wildman–Crippen LogP) is 0.934. The second kappa shape index (κ2) is 5.10. The van der Waals surface area contributed by atoms with Crippen LogP contribution in [0.15, 0.2) is 27.6 Å². The van der Waals surface area contributed by atoms with Gasteiger partial charge in [0.05, 0.1) is 4.90 Å². The largest absolute Gasteiger partial charge is 0.480 e. The summed E-state index contributed by atoms with van der Waals surface area (Å²) in [5.74, 6) is -1.18. The van der Waals surface area contributed by atoms with Crippen molar-refractivity contribution in [3.63, 3.8) is 0 Å². The molecule has 0 spiro atoms. The fourth-order valence-electron chi connectivity index (χ4n) is 2.10. The van der Waals surface area contributed by atoms with Crippen LogP contribution in [0.1, 0.15) is 12.0 Å². The SMILES string of the molecule is Cc1cc(S(=O)(=O)N2CCC(N)(C(=O)O)C2)ccc1Br. The monoisotopic (exact) mass is 362 g/mol. The first kappa shape index (κ1) is 15.4. The maximum Gasteiger partial charge on any atom is 0.325 e. The van der Waals surface area contributed by atoms with Crippen LogP contribution in [-0.4, -0.2) is 42.4 Å². The van der Waals surface area contributed by atoms with Crippen molar-refractivity contribution in [3.8, 4) is 0 Å². The first-order valence-corrected chi connectivity index (χ1v) is 8.19. The fourth-order valence-corrected chi connectivity index (χ4v) is 3.95. The number of nitrogens with zero attached hydrogens (tertiary/aromatic N) is 1. The number of aliphatic carboxylic acids is 1. The third kappa shape index (κ3) is 2.60. The van der Waals surface area contributed by atoms with Crippen LogP contribution in [0.5, 0.6) is 0 Å². The molecule has 20 heavy (non-hydrogen) atoms. The van der Waals surface area contributed by atoms with Gasteiger partial charge in [-0.2, -0.15) is 4.31 Å². The maximum atomic E-state index is 12.5. The van der Waals surface area contributed by atoms with Crippen molar-refractivity contribution in [1.29, 1.82) is 0 Å². The predicted molar refractivity (Wildman–Crippen MR) is 76.8 cm³/mol. The number of halogens is 1. The summed E-state index contributed by atoms with van der Waals surface area (Å²) >= 11 is 3.31. The van der Waals surface area contributed by atoms with Crippen LogP contribution >= 0.6 is 15.9 Å². The summed E-state index contributed by atoms with van der Waals surface area (Å²) in [6.07, 6.45) is 0.108. The third-order valence-electron chi connectivity index (χ3n) is 3.46. The Morgan fingerprint density at radius 3 is 2.65 bits per heavy atom. The van der Waals surface area contributed by atoms with Gasteiger partial charge in [-0.05, 0) is 37.1 Å². The summed E-state index contributed by atoms with van der Waals surface area (Å²) in [7, 11) is -3.71. The van der Waals surface area contributed by atoms with E-state index in [1.54, 1.807) is 19.1 Å². The highest BCUT2D eigenvalue weighted by molar-refractivity contribution is 9.10. The number of aryl methyl sites for hydroxylation is 1. The normalized spacial score (nSPS) is 23.9. The number of hydrogen-bond donors (Lipinski definition) is 2. The summed E-state index contributed by atoms with van der Waals surface area (Å²) in [5.41, 5.74) is 5.00. The number of nitrogens with two attached hydrogens (primary N) is 1. The lowest BCUT2D eigenvalue weighted by Gasteiger charge is -2.20. The molecule has 1 aliphatic rings. The van der Waals surface area contributed by atoms with Crippen molar-refractivity contribution in [3.05, 3.63) is 28.2 Å². The van der Waals surface area contributed by atoms with E-state index >= 15 is 0 Å². The Kier molecular flexibility index (Phi) is 3.94. The van der Waals surface area contributed by atoms with Gasteiger partial charge in [-0.3, -0.25) is 4.79 Å². The Morgan fingerprint density at radius 1 is 1.50 bits per heavy atom. The van der Waals surface area contributed by atoms with Crippen LogP contribution in [0.2, 0.25) is 0 Å². The van der Waals surface area contributed by atoms with E-state index in [0.717, 1.165) is 14.3 Å². The van der Waals surface area contributed by atoms with E-state index in [1.807, 2.05) is 0 Å². The highest BCUT2D eigenvalue weighted by atomic mass is 79.9. The lowest BCUT2D eigenvalue weighted by atomic mass is 10.0. The molecule has 2 rings (SSSR count). The molecular weight excluding hydrogens is 348 g/mol. The van der Waals surface area contributed by atoms with Crippen molar-refractivity contribution >= 4 is 31.9 Å². The molecule has 3 N–H and O–H groups in total. The van der Waals surface area contributed by atoms with Gasteiger partial charge in [0.15, 0.2) is 0 Å². The fraction of sp³-hybridized carbons (Fsp3) is 0.417. The van der Waals surface area contributed by atoms with Crippen molar-refractivity contribution < 1.29 is 18.3 Å². The van der Waals surface area contributed by atoms with E-state index in [1.165, 1.54) is 6.07 Å². The highest BCUT2D eigenvalue weighted by Crippen LogP contribution is 2.28. The molecule has 0 radical (unpaired) electrons. The van der Waals surface area contributed by atoms with Crippen LogP contribution in [0.3, 0.4) is 0 Å². The molecule has 1 saturated heterocycles. The minimum atomic E-state index is -3.71. The first-order valence-electron chi connectivity index (χ1n) is 5.95. The molecule has 1 aromatic carbocycles. The molecule has 0 amide bonds. The minimum Gasteiger partial charge on any atom is -0.480 e. The average molecular weight is 363 g/mol. The van der Waals surface area contributed by atoms with E-state index in [-0.39, 0.29) is 24.4 Å². The van der Waals surface area contributed by atoms with Crippen LogP contribution in [0.25, 0.3) is 0 Å². The maximum absolute atomic E-state index is 12.5. The Balaban J connectivity index is 2.33.